The number of aliphatic carboxylic acids is 1. The van der Waals surface area contributed by atoms with Gasteiger partial charge in [0.1, 0.15) is 23.5 Å². The summed E-state index contributed by atoms with van der Waals surface area (Å²) in [6.45, 7) is 9.41. The average molecular weight is 432 g/mol. The molecule has 2 aliphatic rings. The molecule has 0 bridgehead atoms. The van der Waals surface area contributed by atoms with E-state index in [1.807, 2.05) is 0 Å². The maximum Gasteiger partial charge on any atom is 0.326 e. The number of nitrogens with one attached hydrogen (secondary N) is 2. The molecule has 0 spiro atoms. The van der Waals surface area contributed by atoms with Crippen LogP contribution in [0.1, 0.15) is 48.0 Å². The first-order chi connectivity index (χ1) is 13.1. The van der Waals surface area contributed by atoms with Gasteiger partial charge in [0.15, 0.2) is 9.84 Å². The summed E-state index contributed by atoms with van der Waals surface area (Å²) in [5.41, 5.74) is 0. The molecule has 3 amide bonds. The second-order valence-corrected chi connectivity index (χ2v) is 11.5. The van der Waals surface area contributed by atoms with Crippen molar-refractivity contribution in [2.45, 2.75) is 76.2 Å². The van der Waals surface area contributed by atoms with E-state index in [0.29, 0.717) is 0 Å². The van der Waals surface area contributed by atoms with Crippen LogP contribution < -0.4 is 10.6 Å². The van der Waals surface area contributed by atoms with Crippen molar-refractivity contribution in [3.05, 3.63) is 0 Å². The molecule has 2 rings (SSSR count). The first-order valence-corrected chi connectivity index (χ1v) is 11.1. The van der Waals surface area contributed by atoms with E-state index in [1.54, 1.807) is 27.7 Å². The van der Waals surface area contributed by atoms with Gasteiger partial charge in [-0.25, -0.2) is 13.2 Å². The number of carbonyl (C=O) groups is 4. The van der Waals surface area contributed by atoms with E-state index in [0.717, 1.165) is 4.90 Å². The number of hydrogen-bond acceptors (Lipinski definition) is 6. The number of hydrogen-bond donors (Lipinski definition) is 3. The highest BCUT2D eigenvalue weighted by atomic mass is 32.2. The van der Waals surface area contributed by atoms with Crippen molar-refractivity contribution >= 4 is 33.5 Å². The van der Waals surface area contributed by atoms with Crippen LogP contribution in [0.25, 0.3) is 0 Å². The van der Waals surface area contributed by atoms with E-state index >= 15 is 0 Å². The lowest BCUT2D eigenvalue weighted by molar-refractivity contribution is -0.150. The molecule has 2 heterocycles. The zero-order valence-electron chi connectivity index (χ0n) is 17.4. The van der Waals surface area contributed by atoms with E-state index in [1.165, 1.54) is 13.8 Å². The maximum atomic E-state index is 13.0. The lowest BCUT2D eigenvalue weighted by atomic mass is 9.95. The fraction of sp³-hybridized carbons (Fsp3) is 0.778. The first-order valence-electron chi connectivity index (χ1n) is 9.52. The molecule has 0 aliphatic carbocycles. The third kappa shape index (κ3) is 3.72. The summed E-state index contributed by atoms with van der Waals surface area (Å²) in [6, 6.07) is -3.48. The smallest absolute Gasteiger partial charge is 0.326 e. The molecule has 0 radical (unpaired) electrons. The highest BCUT2D eigenvalue weighted by molar-refractivity contribution is 7.93. The number of β-lactam (4-membered cyclic amide) rings is 1. The van der Waals surface area contributed by atoms with Crippen molar-refractivity contribution in [1.29, 1.82) is 0 Å². The Morgan fingerprint density at radius 1 is 1.07 bits per heavy atom. The standard InChI is InChI=1S/C18H29N3O7S/c1-8(2)12(15(23)20-13(9(3)4)17(25)26)19-16(24)14-18(5,6)29(27,28)11-7-10(22)21(11)14/h8-9,11-14H,7H2,1-6H3,(H,19,24)(H,20,23)(H,25,26). The number of nitrogens with zero attached hydrogens (tertiary/aromatic N) is 1. The predicted molar refractivity (Wildman–Crippen MR) is 103 cm³/mol. The predicted octanol–water partition coefficient (Wildman–Crippen LogP) is -0.513. The fourth-order valence-corrected chi connectivity index (χ4v) is 5.91. The Morgan fingerprint density at radius 3 is 2.00 bits per heavy atom. The summed E-state index contributed by atoms with van der Waals surface area (Å²) in [5.74, 6) is -3.83. The van der Waals surface area contributed by atoms with Crippen LogP contribution in [-0.2, 0) is 29.0 Å². The van der Waals surface area contributed by atoms with Crippen LogP contribution in [0.3, 0.4) is 0 Å². The number of sulfone groups is 1. The number of amides is 3. The zero-order valence-corrected chi connectivity index (χ0v) is 18.2. The third-order valence-electron chi connectivity index (χ3n) is 5.70. The SMILES string of the molecule is CC(C)C(NC(=O)C(NC(=O)C1N2C(=O)CC2S(=O)(=O)C1(C)C)C(C)C)C(=O)O. The van der Waals surface area contributed by atoms with Gasteiger partial charge in [0.2, 0.25) is 17.7 Å². The molecule has 29 heavy (non-hydrogen) atoms. The largest absolute Gasteiger partial charge is 0.480 e. The molecule has 4 atom stereocenters. The van der Waals surface area contributed by atoms with E-state index in [2.05, 4.69) is 10.6 Å². The Balaban J connectivity index is 2.25. The fourth-order valence-electron chi connectivity index (χ4n) is 3.78. The summed E-state index contributed by atoms with van der Waals surface area (Å²) in [5, 5.41) is 13.2. The Hall–Kier alpha value is -2.17. The molecule has 10 nitrogen and oxygen atoms in total. The lowest BCUT2D eigenvalue weighted by Crippen LogP contribution is -2.63. The molecule has 0 aromatic carbocycles. The summed E-state index contributed by atoms with van der Waals surface area (Å²) < 4.78 is 23.8. The van der Waals surface area contributed by atoms with Crippen molar-refractivity contribution in [3.8, 4) is 0 Å². The van der Waals surface area contributed by atoms with Gasteiger partial charge in [-0.3, -0.25) is 14.4 Å². The Labute approximate surface area is 170 Å². The number of carboxylic acid groups (broad SMARTS) is 1. The van der Waals surface area contributed by atoms with Gasteiger partial charge in [0, 0.05) is 0 Å². The second kappa shape index (κ2) is 7.58. The van der Waals surface area contributed by atoms with E-state index in [9.17, 15) is 32.7 Å². The van der Waals surface area contributed by atoms with Gasteiger partial charge >= 0.3 is 5.97 Å². The molecule has 0 saturated carbocycles. The van der Waals surface area contributed by atoms with Gasteiger partial charge in [0.05, 0.1) is 11.2 Å². The number of fused-ring (bicyclic) bond motifs is 1. The van der Waals surface area contributed by atoms with E-state index in [4.69, 9.17) is 0 Å². The summed E-state index contributed by atoms with van der Waals surface area (Å²) in [6.07, 6.45) is -0.154. The van der Waals surface area contributed by atoms with Crippen molar-refractivity contribution in [1.82, 2.24) is 15.5 Å². The number of rotatable bonds is 7. The highest BCUT2D eigenvalue weighted by Crippen LogP contribution is 2.45. The van der Waals surface area contributed by atoms with Crippen molar-refractivity contribution in [3.63, 3.8) is 0 Å². The molecule has 0 aromatic rings. The normalized spacial score (nSPS) is 26.5. The quantitative estimate of drug-likeness (QED) is 0.459. The summed E-state index contributed by atoms with van der Waals surface area (Å²) in [7, 11) is -3.74. The molecule has 4 unspecified atom stereocenters. The van der Waals surface area contributed by atoms with Crippen LogP contribution in [0.2, 0.25) is 0 Å². The highest BCUT2D eigenvalue weighted by Gasteiger charge is 2.67. The van der Waals surface area contributed by atoms with Gasteiger partial charge < -0.3 is 20.6 Å². The number of carbonyl (C=O) groups excluding carboxylic acids is 3. The van der Waals surface area contributed by atoms with Gasteiger partial charge in [-0.05, 0) is 25.7 Å². The van der Waals surface area contributed by atoms with Crippen LogP contribution in [0, 0.1) is 11.8 Å². The lowest BCUT2D eigenvalue weighted by Gasteiger charge is -2.37. The molecule has 2 fully saturated rings. The van der Waals surface area contributed by atoms with Crippen LogP contribution in [-0.4, -0.2) is 70.4 Å². The Morgan fingerprint density at radius 2 is 1.59 bits per heavy atom. The zero-order chi connectivity index (χ0) is 22.5. The summed E-state index contributed by atoms with van der Waals surface area (Å²) in [4.78, 5) is 50.1. The Kier molecular flexibility index (Phi) is 6.04. The first kappa shape index (κ1) is 23.1. The molecule has 3 N–H and O–H groups in total. The van der Waals surface area contributed by atoms with Crippen LogP contribution in [0.5, 0.6) is 0 Å². The second-order valence-electron chi connectivity index (χ2n) is 8.81. The van der Waals surface area contributed by atoms with Crippen LogP contribution in [0.15, 0.2) is 0 Å². The van der Waals surface area contributed by atoms with E-state index in [-0.39, 0.29) is 12.3 Å². The minimum Gasteiger partial charge on any atom is -0.480 e. The molecule has 2 saturated heterocycles. The molecule has 11 heteroatoms. The maximum absolute atomic E-state index is 13.0. The Bertz CT molecular complexity index is 834. The van der Waals surface area contributed by atoms with Crippen molar-refractivity contribution < 1.29 is 32.7 Å². The van der Waals surface area contributed by atoms with Gasteiger partial charge in [-0.2, -0.15) is 0 Å². The number of carboxylic acids is 1. The molecular formula is C18H29N3O7S. The molecule has 0 aromatic heterocycles. The molecular weight excluding hydrogens is 402 g/mol. The van der Waals surface area contributed by atoms with Gasteiger partial charge in [-0.15, -0.1) is 0 Å². The monoisotopic (exact) mass is 431 g/mol. The molecule has 164 valence electrons. The average Bonchev–Trinajstić information content (AvgIpc) is 2.69. The van der Waals surface area contributed by atoms with Crippen molar-refractivity contribution in [2.75, 3.05) is 0 Å². The van der Waals surface area contributed by atoms with Crippen molar-refractivity contribution in [2.24, 2.45) is 11.8 Å². The van der Waals surface area contributed by atoms with Crippen LogP contribution in [0.4, 0.5) is 0 Å². The third-order valence-corrected chi connectivity index (χ3v) is 8.50. The molecule has 2 aliphatic heterocycles. The van der Waals surface area contributed by atoms with Crippen LogP contribution >= 0.6 is 0 Å². The topological polar surface area (TPSA) is 150 Å². The summed E-state index contributed by atoms with van der Waals surface area (Å²) >= 11 is 0. The minimum absolute atomic E-state index is 0.154. The van der Waals surface area contributed by atoms with Gasteiger partial charge in [-0.1, -0.05) is 27.7 Å². The van der Waals surface area contributed by atoms with E-state index < -0.39 is 67.7 Å². The minimum atomic E-state index is -3.74. The van der Waals surface area contributed by atoms with Gasteiger partial charge in [0.25, 0.3) is 0 Å².